The average molecular weight is 455 g/mol. The molecule has 1 aliphatic rings. The Morgan fingerprint density at radius 1 is 1.03 bits per heavy atom. The zero-order valence-corrected chi connectivity index (χ0v) is 19.1. The number of methoxy groups -OCH3 is 1. The van der Waals surface area contributed by atoms with Crippen LogP contribution in [-0.2, 0) is 6.54 Å². The fraction of sp³-hybridized carbons (Fsp3) is 0.360. The lowest BCUT2D eigenvalue weighted by atomic mass is 10.0. The van der Waals surface area contributed by atoms with Crippen LogP contribution in [-0.4, -0.2) is 58.8 Å². The van der Waals surface area contributed by atoms with E-state index < -0.39 is 0 Å². The molecule has 0 unspecified atom stereocenters. The van der Waals surface area contributed by atoms with Crippen LogP contribution in [0, 0.1) is 11.6 Å². The molecule has 1 aromatic heterocycles. The van der Waals surface area contributed by atoms with E-state index in [0.717, 1.165) is 11.3 Å². The van der Waals surface area contributed by atoms with Crippen molar-refractivity contribution in [2.75, 3.05) is 33.3 Å². The van der Waals surface area contributed by atoms with Gasteiger partial charge < -0.3 is 9.64 Å². The van der Waals surface area contributed by atoms with Crippen molar-refractivity contribution in [3.05, 3.63) is 77.1 Å². The highest BCUT2D eigenvalue weighted by Gasteiger charge is 2.28. The molecule has 0 atom stereocenters. The topological polar surface area (TPSA) is 50.6 Å². The number of nitrogens with zero attached hydrogens (tertiary/aromatic N) is 4. The Bertz CT molecular complexity index is 1120. The van der Waals surface area contributed by atoms with E-state index in [0.29, 0.717) is 49.7 Å². The van der Waals surface area contributed by atoms with Gasteiger partial charge in [0.2, 0.25) is 0 Å². The summed E-state index contributed by atoms with van der Waals surface area (Å²) in [7, 11) is 1.58. The van der Waals surface area contributed by atoms with Crippen LogP contribution in [0.4, 0.5) is 8.78 Å². The third-order valence-electron chi connectivity index (χ3n) is 5.95. The lowest BCUT2D eigenvalue weighted by Crippen LogP contribution is -2.48. The largest absolute Gasteiger partial charge is 0.496 e. The second kappa shape index (κ2) is 9.70. The van der Waals surface area contributed by atoms with Gasteiger partial charge in [-0.05, 0) is 48.4 Å². The van der Waals surface area contributed by atoms with Crippen molar-refractivity contribution in [1.82, 2.24) is 19.6 Å². The fourth-order valence-corrected chi connectivity index (χ4v) is 4.26. The standard InChI is InChI=1S/C25H28F2N4O2/c1-17(2)24-22(15-28-31(24)21-7-4-19(26)5-8-21)25(32)30-12-10-29(11-13-30)16-18-14-20(27)6-9-23(18)33-3/h4-9,14-15,17H,10-13,16H2,1-3H3. The van der Waals surface area contributed by atoms with Crippen molar-refractivity contribution in [2.45, 2.75) is 26.3 Å². The van der Waals surface area contributed by atoms with E-state index in [4.69, 9.17) is 4.74 Å². The summed E-state index contributed by atoms with van der Waals surface area (Å²) in [4.78, 5) is 17.4. The number of hydrogen-bond acceptors (Lipinski definition) is 4. The Morgan fingerprint density at radius 3 is 2.33 bits per heavy atom. The molecule has 0 saturated carbocycles. The molecule has 1 aliphatic heterocycles. The summed E-state index contributed by atoms with van der Waals surface area (Å²) in [6.07, 6.45) is 1.60. The predicted molar refractivity (Wildman–Crippen MR) is 122 cm³/mol. The van der Waals surface area contributed by atoms with Crippen LogP contribution in [0.2, 0.25) is 0 Å². The first-order chi connectivity index (χ1) is 15.9. The van der Waals surface area contributed by atoms with Gasteiger partial charge in [-0.15, -0.1) is 0 Å². The molecule has 4 rings (SSSR count). The minimum Gasteiger partial charge on any atom is -0.496 e. The maximum Gasteiger partial charge on any atom is 0.257 e. The third kappa shape index (κ3) is 4.90. The van der Waals surface area contributed by atoms with Gasteiger partial charge in [-0.2, -0.15) is 5.10 Å². The molecule has 3 aromatic rings. The number of piperazine rings is 1. The second-order valence-corrected chi connectivity index (χ2v) is 8.51. The Balaban J connectivity index is 1.47. The molecule has 0 N–H and O–H groups in total. The molecule has 2 heterocycles. The number of hydrogen-bond donors (Lipinski definition) is 0. The highest BCUT2D eigenvalue weighted by molar-refractivity contribution is 5.95. The smallest absolute Gasteiger partial charge is 0.257 e. The van der Waals surface area contributed by atoms with Crippen LogP contribution in [0.25, 0.3) is 5.69 Å². The zero-order chi connectivity index (χ0) is 23.5. The molecule has 2 aromatic carbocycles. The van der Waals surface area contributed by atoms with Crippen LogP contribution in [0.5, 0.6) is 5.75 Å². The number of halogens is 2. The molecule has 0 spiro atoms. The van der Waals surface area contributed by atoms with Crippen LogP contribution in [0.1, 0.15) is 41.4 Å². The van der Waals surface area contributed by atoms with E-state index in [1.54, 1.807) is 36.2 Å². The van der Waals surface area contributed by atoms with Gasteiger partial charge >= 0.3 is 0 Å². The van der Waals surface area contributed by atoms with Gasteiger partial charge in [-0.3, -0.25) is 9.69 Å². The van der Waals surface area contributed by atoms with E-state index >= 15 is 0 Å². The maximum absolute atomic E-state index is 13.7. The van der Waals surface area contributed by atoms with E-state index in [9.17, 15) is 13.6 Å². The maximum atomic E-state index is 13.7. The van der Waals surface area contributed by atoms with Crippen molar-refractivity contribution in [3.8, 4) is 11.4 Å². The minimum atomic E-state index is -0.318. The Labute approximate surface area is 192 Å². The average Bonchev–Trinajstić information content (AvgIpc) is 3.25. The molecule has 6 nitrogen and oxygen atoms in total. The molecular weight excluding hydrogens is 426 g/mol. The summed E-state index contributed by atoms with van der Waals surface area (Å²) >= 11 is 0. The van der Waals surface area contributed by atoms with Gasteiger partial charge in [0, 0.05) is 38.3 Å². The Kier molecular flexibility index (Phi) is 6.74. The van der Waals surface area contributed by atoms with E-state index in [-0.39, 0.29) is 23.5 Å². The molecular formula is C25H28F2N4O2. The summed E-state index contributed by atoms with van der Waals surface area (Å²) in [5, 5.41) is 4.44. The SMILES string of the molecule is COc1ccc(F)cc1CN1CCN(C(=O)c2cnn(-c3ccc(F)cc3)c2C(C)C)CC1. The summed E-state index contributed by atoms with van der Waals surface area (Å²) in [5.74, 6) is 0.0407. The summed E-state index contributed by atoms with van der Waals surface area (Å²) in [5.41, 5.74) is 2.88. The number of rotatable bonds is 6. The molecule has 0 radical (unpaired) electrons. The van der Waals surface area contributed by atoms with Gasteiger partial charge in [0.05, 0.1) is 30.3 Å². The number of aromatic nitrogens is 2. The number of ether oxygens (including phenoxy) is 1. The summed E-state index contributed by atoms with van der Waals surface area (Å²) in [6, 6.07) is 10.6. The Hall–Kier alpha value is -3.26. The fourth-order valence-electron chi connectivity index (χ4n) is 4.26. The van der Waals surface area contributed by atoms with Crippen molar-refractivity contribution in [1.29, 1.82) is 0 Å². The quantitative estimate of drug-likeness (QED) is 0.559. The van der Waals surface area contributed by atoms with Crippen molar-refractivity contribution in [2.24, 2.45) is 0 Å². The number of carbonyl (C=O) groups is 1. The van der Waals surface area contributed by atoms with Crippen LogP contribution >= 0.6 is 0 Å². The second-order valence-electron chi connectivity index (χ2n) is 8.51. The minimum absolute atomic E-state index is 0.0539. The van der Waals surface area contributed by atoms with Gasteiger partial charge in [-0.25, -0.2) is 13.5 Å². The van der Waals surface area contributed by atoms with Gasteiger partial charge in [0.25, 0.3) is 5.91 Å². The molecule has 8 heteroatoms. The molecule has 1 saturated heterocycles. The van der Waals surface area contributed by atoms with E-state index in [1.165, 1.54) is 24.3 Å². The highest BCUT2D eigenvalue weighted by Crippen LogP contribution is 2.26. The summed E-state index contributed by atoms with van der Waals surface area (Å²) in [6.45, 7) is 7.06. The molecule has 0 bridgehead atoms. The van der Waals surface area contributed by atoms with Crippen LogP contribution in [0.15, 0.2) is 48.7 Å². The molecule has 0 aliphatic carbocycles. The van der Waals surface area contributed by atoms with Crippen LogP contribution in [0.3, 0.4) is 0 Å². The summed E-state index contributed by atoms with van der Waals surface area (Å²) < 4.78 is 34.1. The van der Waals surface area contributed by atoms with Crippen molar-refractivity contribution < 1.29 is 18.3 Å². The lowest BCUT2D eigenvalue weighted by molar-refractivity contribution is 0.0626. The molecule has 1 fully saturated rings. The monoisotopic (exact) mass is 454 g/mol. The third-order valence-corrected chi connectivity index (χ3v) is 5.95. The van der Waals surface area contributed by atoms with E-state index in [1.807, 2.05) is 18.7 Å². The number of benzene rings is 2. The van der Waals surface area contributed by atoms with Gasteiger partial charge in [-0.1, -0.05) is 13.8 Å². The first-order valence-electron chi connectivity index (χ1n) is 11.0. The molecule has 1 amide bonds. The predicted octanol–water partition coefficient (Wildman–Crippen LogP) is 4.24. The zero-order valence-electron chi connectivity index (χ0n) is 19.1. The first-order valence-corrected chi connectivity index (χ1v) is 11.0. The highest BCUT2D eigenvalue weighted by atomic mass is 19.1. The van der Waals surface area contributed by atoms with Crippen molar-refractivity contribution >= 4 is 5.91 Å². The molecule has 33 heavy (non-hydrogen) atoms. The number of amides is 1. The normalized spacial score (nSPS) is 14.7. The van der Waals surface area contributed by atoms with Gasteiger partial charge in [0.15, 0.2) is 0 Å². The molecule has 174 valence electrons. The Morgan fingerprint density at radius 2 is 1.70 bits per heavy atom. The van der Waals surface area contributed by atoms with Gasteiger partial charge in [0.1, 0.15) is 17.4 Å². The number of carbonyl (C=O) groups excluding carboxylic acids is 1. The first kappa shape index (κ1) is 22.9. The van der Waals surface area contributed by atoms with Crippen molar-refractivity contribution in [3.63, 3.8) is 0 Å². The van der Waals surface area contributed by atoms with Crippen LogP contribution < -0.4 is 4.74 Å². The lowest BCUT2D eigenvalue weighted by Gasteiger charge is -2.35. The van der Waals surface area contributed by atoms with E-state index in [2.05, 4.69) is 10.00 Å².